The van der Waals surface area contributed by atoms with Crippen molar-refractivity contribution in [2.45, 2.75) is 18.9 Å². The van der Waals surface area contributed by atoms with E-state index < -0.39 is 12.0 Å². The molecular weight excluding hydrogens is 154 g/mol. The van der Waals surface area contributed by atoms with Crippen LogP contribution in [-0.4, -0.2) is 21.6 Å². The molecule has 4 nitrogen and oxygen atoms in total. The van der Waals surface area contributed by atoms with E-state index in [-0.39, 0.29) is 5.82 Å². The summed E-state index contributed by atoms with van der Waals surface area (Å²) in [4.78, 5) is 3.54. The topological polar surface area (TPSA) is 67.6 Å². The number of nitrogens with one attached hydrogen (secondary N) is 1. The highest BCUT2D eigenvalue weighted by Gasteiger charge is 2.35. The highest BCUT2D eigenvalue weighted by Crippen LogP contribution is 2.20. The Balaban J connectivity index is 2.90. The van der Waals surface area contributed by atoms with Gasteiger partial charge in [-0.3, -0.25) is 5.10 Å². The van der Waals surface area contributed by atoms with Crippen LogP contribution in [0.3, 0.4) is 0 Å². The number of alkyl halides is 2. The van der Waals surface area contributed by atoms with E-state index in [2.05, 4.69) is 15.2 Å². The standard InChI is InChI=1S/C5H8F2N4/c1-5(8,3(6)7)4-9-2-10-11-4/h2-3H,8H2,1H3,(H,9,10,11). The van der Waals surface area contributed by atoms with Crippen LogP contribution in [0.15, 0.2) is 6.33 Å². The molecule has 0 fully saturated rings. The van der Waals surface area contributed by atoms with Gasteiger partial charge in [-0.05, 0) is 6.92 Å². The molecule has 0 aliphatic carbocycles. The minimum absolute atomic E-state index is 0.00694. The first kappa shape index (κ1) is 8.06. The number of nitrogens with two attached hydrogens (primary N) is 1. The van der Waals surface area contributed by atoms with E-state index in [1.807, 2.05) is 0 Å². The van der Waals surface area contributed by atoms with Crippen LogP contribution in [0.1, 0.15) is 12.7 Å². The van der Waals surface area contributed by atoms with Crippen molar-refractivity contribution in [1.82, 2.24) is 15.2 Å². The van der Waals surface area contributed by atoms with Crippen molar-refractivity contribution < 1.29 is 8.78 Å². The lowest BCUT2D eigenvalue weighted by Crippen LogP contribution is -2.41. The molecule has 1 aromatic rings. The summed E-state index contributed by atoms with van der Waals surface area (Å²) < 4.78 is 24.3. The lowest BCUT2D eigenvalue weighted by Gasteiger charge is -2.19. The maximum absolute atomic E-state index is 12.2. The average Bonchev–Trinajstić information content (AvgIpc) is 2.37. The quantitative estimate of drug-likeness (QED) is 0.654. The first-order valence-electron chi connectivity index (χ1n) is 2.98. The first-order chi connectivity index (χ1) is 5.05. The normalized spacial score (nSPS) is 16.8. The fourth-order valence-corrected chi connectivity index (χ4v) is 0.568. The summed E-state index contributed by atoms with van der Waals surface area (Å²) in [5.41, 5.74) is 3.50. The molecule has 0 spiro atoms. The number of aromatic amines is 1. The highest BCUT2D eigenvalue weighted by molar-refractivity contribution is 5.01. The molecule has 1 atom stereocenters. The van der Waals surface area contributed by atoms with Gasteiger partial charge in [0, 0.05) is 0 Å². The minimum Gasteiger partial charge on any atom is -0.314 e. The Bertz CT molecular complexity index is 218. The Morgan fingerprint density at radius 2 is 2.36 bits per heavy atom. The molecule has 0 saturated heterocycles. The molecule has 0 aromatic carbocycles. The zero-order valence-electron chi connectivity index (χ0n) is 5.88. The molecule has 1 heterocycles. The van der Waals surface area contributed by atoms with Gasteiger partial charge in [-0.25, -0.2) is 13.8 Å². The molecule has 1 rings (SSSR count). The molecule has 1 aromatic heterocycles. The van der Waals surface area contributed by atoms with Crippen molar-refractivity contribution in [3.05, 3.63) is 12.2 Å². The summed E-state index contributed by atoms with van der Waals surface area (Å²) in [6.07, 6.45) is -1.52. The fraction of sp³-hybridized carbons (Fsp3) is 0.600. The van der Waals surface area contributed by atoms with Crippen molar-refractivity contribution >= 4 is 0 Å². The first-order valence-corrected chi connectivity index (χ1v) is 2.98. The maximum atomic E-state index is 12.2. The second-order valence-electron chi connectivity index (χ2n) is 2.42. The third-order valence-electron chi connectivity index (χ3n) is 1.38. The Labute approximate surface area is 61.8 Å². The molecule has 0 saturated carbocycles. The van der Waals surface area contributed by atoms with Gasteiger partial charge < -0.3 is 5.73 Å². The van der Waals surface area contributed by atoms with Crippen molar-refractivity contribution in [2.24, 2.45) is 5.73 Å². The van der Waals surface area contributed by atoms with Gasteiger partial charge >= 0.3 is 0 Å². The molecule has 0 aliphatic heterocycles. The van der Waals surface area contributed by atoms with Gasteiger partial charge in [0.15, 0.2) is 0 Å². The fourth-order valence-electron chi connectivity index (χ4n) is 0.568. The van der Waals surface area contributed by atoms with Gasteiger partial charge in [-0.15, -0.1) is 0 Å². The Morgan fingerprint density at radius 3 is 2.73 bits per heavy atom. The van der Waals surface area contributed by atoms with Crippen molar-refractivity contribution in [2.75, 3.05) is 0 Å². The number of H-pyrrole nitrogens is 1. The Kier molecular flexibility index (Phi) is 1.86. The number of nitrogens with zero attached hydrogens (tertiary/aromatic N) is 2. The molecule has 0 bridgehead atoms. The van der Waals surface area contributed by atoms with E-state index in [4.69, 9.17) is 5.73 Å². The van der Waals surface area contributed by atoms with Gasteiger partial charge in [0.05, 0.1) is 0 Å². The zero-order chi connectivity index (χ0) is 8.48. The summed E-state index contributed by atoms with van der Waals surface area (Å²) in [5, 5.41) is 5.71. The van der Waals surface area contributed by atoms with Crippen LogP contribution >= 0.6 is 0 Å². The third-order valence-corrected chi connectivity index (χ3v) is 1.38. The summed E-state index contributed by atoms with van der Waals surface area (Å²) in [6, 6.07) is 0. The number of hydrogen-bond acceptors (Lipinski definition) is 3. The van der Waals surface area contributed by atoms with Crippen molar-refractivity contribution in [3.8, 4) is 0 Å². The molecule has 62 valence electrons. The zero-order valence-corrected chi connectivity index (χ0v) is 5.88. The van der Waals surface area contributed by atoms with Gasteiger partial charge in [-0.1, -0.05) is 0 Å². The average molecular weight is 162 g/mol. The van der Waals surface area contributed by atoms with E-state index in [0.29, 0.717) is 0 Å². The van der Waals surface area contributed by atoms with Crippen molar-refractivity contribution in [1.29, 1.82) is 0 Å². The van der Waals surface area contributed by atoms with Crippen LogP contribution in [0.5, 0.6) is 0 Å². The van der Waals surface area contributed by atoms with E-state index in [0.717, 1.165) is 6.33 Å². The van der Waals surface area contributed by atoms with Crippen LogP contribution in [0.25, 0.3) is 0 Å². The predicted molar refractivity (Wildman–Crippen MR) is 33.9 cm³/mol. The molecule has 11 heavy (non-hydrogen) atoms. The smallest absolute Gasteiger partial charge is 0.263 e. The molecule has 6 heteroatoms. The molecule has 0 aliphatic rings. The lowest BCUT2D eigenvalue weighted by atomic mass is 10.1. The molecular formula is C5H8F2N4. The SMILES string of the molecule is CC(N)(c1ncn[nH]1)C(F)F. The monoisotopic (exact) mass is 162 g/mol. The lowest BCUT2D eigenvalue weighted by molar-refractivity contribution is 0.0578. The van der Waals surface area contributed by atoms with Crippen molar-refractivity contribution in [3.63, 3.8) is 0 Å². The van der Waals surface area contributed by atoms with E-state index in [1.165, 1.54) is 6.92 Å². The second kappa shape index (κ2) is 2.54. The highest BCUT2D eigenvalue weighted by atomic mass is 19.3. The van der Waals surface area contributed by atoms with Crippen LogP contribution in [0, 0.1) is 0 Å². The van der Waals surface area contributed by atoms with Crippen LogP contribution in [0.4, 0.5) is 8.78 Å². The maximum Gasteiger partial charge on any atom is 0.263 e. The number of aromatic nitrogens is 3. The molecule has 0 amide bonds. The minimum atomic E-state index is -2.66. The molecule has 1 unspecified atom stereocenters. The van der Waals surface area contributed by atoms with Gasteiger partial charge in [0.25, 0.3) is 6.43 Å². The summed E-state index contributed by atoms with van der Waals surface area (Å²) in [6.45, 7) is 1.19. The Morgan fingerprint density at radius 1 is 1.73 bits per heavy atom. The summed E-state index contributed by atoms with van der Waals surface area (Å²) >= 11 is 0. The van der Waals surface area contributed by atoms with Crippen LogP contribution < -0.4 is 5.73 Å². The Hall–Kier alpha value is -1.04. The number of rotatable bonds is 2. The number of halogens is 2. The predicted octanol–water partition coefficient (Wildman–Crippen LogP) is 0.244. The summed E-state index contributed by atoms with van der Waals surface area (Å²) in [5.74, 6) is -0.00694. The largest absolute Gasteiger partial charge is 0.314 e. The third kappa shape index (κ3) is 1.35. The van der Waals surface area contributed by atoms with Gasteiger partial charge in [0.2, 0.25) is 0 Å². The van der Waals surface area contributed by atoms with E-state index >= 15 is 0 Å². The van der Waals surface area contributed by atoms with Gasteiger partial charge in [-0.2, -0.15) is 5.10 Å². The van der Waals surface area contributed by atoms with Crippen LogP contribution in [-0.2, 0) is 5.54 Å². The van der Waals surface area contributed by atoms with Gasteiger partial charge in [0.1, 0.15) is 17.7 Å². The van der Waals surface area contributed by atoms with Crippen LogP contribution in [0.2, 0.25) is 0 Å². The summed E-state index contributed by atoms with van der Waals surface area (Å²) in [7, 11) is 0. The molecule has 3 N–H and O–H groups in total. The number of hydrogen-bond donors (Lipinski definition) is 2. The van der Waals surface area contributed by atoms with E-state index in [1.54, 1.807) is 0 Å². The molecule has 0 radical (unpaired) electrons. The second-order valence-corrected chi connectivity index (χ2v) is 2.42. The van der Waals surface area contributed by atoms with E-state index in [9.17, 15) is 8.78 Å².